The Hall–Kier alpha value is -2.02. The number of fused-ring (bicyclic) bond motifs is 1. The van der Waals surface area contributed by atoms with Gasteiger partial charge >= 0.3 is 0 Å². The number of aryl methyl sites for hydroxylation is 1. The molecule has 2 aromatic heterocycles. The Morgan fingerprint density at radius 1 is 1.56 bits per heavy atom. The maximum atomic E-state index is 7.53. The Bertz CT molecular complexity index is 611. The number of rotatable bonds is 2. The summed E-state index contributed by atoms with van der Waals surface area (Å²) < 4.78 is 1.97. The summed E-state index contributed by atoms with van der Waals surface area (Å²) in [6.45, 7) is 2.01. The molecule has 0 fully saturated rings. The van der Waals surface area contributed by atoms with Crippen molar-refractivity contribution in [1.29, 1.82) is 5.41 Å². The van der Waals surface area contributed by atoms with Crippen molar-refractivity contribution in [3.8, 4) is 0 Å². The van der Waals surface area contributed by atoms with Crippen LogP contribution in [0.3, 0.4) is 0 Å². The number of guanidine groups is 1. The van der Waals surface area contributed by atoms with Gasteiger partial charge in [-0.1, -0.05) is 17.8 Å². The normalized spacial score (nSPS) is 10.5. The number of nitrogens with two attached hydrogens (primary N) is 2. The van der Waals surface area contributed by atoms with Crippen molar-refractivity contribution in [2.45, 2.75) is 12.7 Å². The molecule has 0 aliphatic heterocycles. The fourth-order valence-electron chi connectivity index (χ4n) is 1.57. The van der Waals surface area contributed by atoms with E-state index >= 15 is 0 Å². The summed E-state index contributed by atoms with van der Waals surface area (Å²) in [5.41, 5.74) is 13.3. The zero-order valence-electron chi connectivity index (χ0n) is 9.92. The molecule has 94 valence electrons. The number of pyridine rings is 1. The molecule has 0 aromatic carbocycles. The fourth-order valence-corrected chi connectivity index (χ4v) is 2.16. The molecule has 0 radical (unpaired) electrons. The van der Waals surface area contributed by atoms with Crippen LogP contribution in [0.25, 0.3) is 5.65 Å². The molecule has 6 nitrogen and oxygen atoms in total. The number of nitrogens with one attached hydrogen (secondary N) is 1. The topological polar surface area (TPSA) is 106 Å². The minimum Gasteiger partial charge on any atom is -0.370 e. The highest BCUT2D eigenvalue weighted by Crippen LogP contribution is 2.16. The molecule has 18 heavy (non-hydrogen) atoms. The van der Waals surface area contributed by atoms with Crippen LogP contribution in [0.5, 0.6) is 0 Å². The first-order chi connectivity index (χ1) is 8.56. The molecule has 0 atom stereocenters. The third kappa shape index (κ3) is 2.80. The summed E-state index contributed by atoms with van der Waals surface area (Å²) in [5, 5.41) is 7.61. The van der Waals surface area contributed by atoms with E-state index in [4.69, 9.17) is 16.9 Å². The molecule has 2 heterocycles. The number of aliphatic imine (C=N–C) groups is 1. The first-order valence-electron chi connectivity index (χ1n) is 5.30. The summed E-state index contributed by atoms with van der Waals surface area (Å²) in [7, 11) is 0. The lowest BCUT2D eigenvalue weighted by Crippen LogP contribution is -2.23. The van der Waals surface area contributed by atoms with Gasteiger partial charge in [0.05, 0.1) is 5.69 Å². The van der Waals surface area contributed by atoms with Gasteiger partial charge in [0.1, 0.15) is 5.65 Å². The number of thioether (sulfide) groups is 1. The summed E-state index contributed by atoms with van der Waals surface area (Å²) in [4.78, 5) is 8.15. The molecule has 0 saturated carbocycles. The van der Waals surface area contributed by atoms with E-state index in [-0.39, 0.29) is 11.1 Å². The third-order valence-electron chi connectivity index (χ3n) is 2.32. The van der Waals surface area contributed by atoms with Gasteiger partial charge in [-0.15, -0.1) is 0 Å². The lowest BCUT2D eigenvalue weighted by molar-refractivity contribution is 1.16. The highest BCUT2D eigenvalue weighted by atomic mass is 32.2. The van der Waals surface area contributed by atoms with Crippen molar-refractivity contribution in [1.82, 2.24) is 9.38 Å². The van der Waals surface area contributed by atoms with Crippen LogP contribution in [0.1, 0.15) is 11.3 Å². The van der Waals surface area contributed by atoms with Gasteiger partial charge in [0.2, 0.25) is 0 Å². The maximum Gasteiger partial charge on any atom is 0.193 e. The average Bonchev–Trinajstić information content (AvgIpc) is 2.70. The van der Waals surface area contributed by atoms with E-state index in [1.807, 2.05) is 35.9 Å². The van der Waals surface area contributed by atoms with Gasteiger partial charge in [-0.05, 0) is 18.6 Å². The van der Waals surface area contributed by atoms with E-state index in [0.717, 1.165) is 16.9 Å². The molecule has 0 aliphatic carbocycles. The Morgan fingerprint density at radius 2 is 2.33 bits per heavy atom. The second kappa shape index (κ2) is 5.09. The van der Waals surface area contributed by atoms with Gasteiger partial charge < -0.3 is 15.9 Å². The monoisotopic (exact) mass is 262 g/mol. The second-order valence-electron chi connectivity index (χ2n) is 3.78. The second-order valence-corrected chi connectivity index (χ2v) is 4.75. The van der Waals surface area contributed by atoms with E-state index in [0.29, 0.717) is 5.75 Å². The molecule has 0 spiro atoms. The zero-order valence-corrected chi connectivity index (χ0v) is 10.7. The third-order valence-corrected chi connectivity index (χ3v) is 3.12. The summed E-state index contributed by atoms with van der Waals surface area (Å²) in [5.74, 6) is 0.467. The molecule has 0 unspecified atom stereocenters. The van der Waals surface area contributed by atoms with E-state index in [9.17, 15) is 0 Å². The summed E-state index contributed by atoms with van der Waals surface area (Å²) >= 11 is 1.24. The van der Waals surface area contributed by atoms with Gasteiger partial charge in [0.25, 0.3) is 0 Å². The standard InChI is InChI=1S/C11H14N6S/c1-7-3-2-4-17-5-8(15-9(7)17)6-18-11(14)16-10(12)13/h2-5H,6H2,1H3,(H5,12,13,14,16). The minimum absolute atomic E-state index is 0.0868. The molecule has 0 saturated heterocycles. The van der Waals surface area contributed by atoms with Crippen LogP contribution in [-0.2, 0) is 5.75 Å². The number of imidazole rings is 1. The zero-order chi connectivity index (χ0) is 13.1. The van der Waals surface area contributed by atoms with Crippen LogP contribution >= 0.6 is 11.8 Å². The SMILES string of the molecule is Cc1cccn2cc(CSC(=N)N=C(N)N)nc12. The quantitative estimate of drug-likeness (QED) is 0.556. The predicted octanol–water partition coefficient (Wildman–Crippen LogP) is 1.08. The molecular weight excluding hydrogens is 248 g/mol. The highest BCUT2D eigenvalue weighted by molar-refractivity contribution is 8.13. The van der Waals surface area contributed by atoms with E-state index in [1.54, 1.807) is 0 Å². The van der Waals surface area contributed by atoms with Crippen molar-refractivity contribution >= 4 is 28.5 Å². The van der Waals surface area contributed by atoms with Crippen LogP contribution < -0.4 is 11.5 Å². The van der Waals surface area contributed by atoms with Crippen molar-refractivity contribution in [2.75, 3.05) is 0 Å². The largest absolute Gasteiger partial charge is 0.370 e. The first kappa shape index (κ1) is 12.4. The van der Waals surface area contributed by atoms with Crippen molar-refractivity contribution in [3.63, 3.8) is 0 Å². The van der Waals surface area contributed by atoms with Gasteiger partial charge in [-0.2, -0.15) is 4.99 Å². The van der Waals surface area contributed by atoms with Crippen molar-refractivity contribution < 1.29 is 0 Å². The molecule has 7 heteroatoms. The number of hydrogen-bond acceptors (Lipinski definition) is 3. The highest BCUT2D eigenvalue weighted by Gasteiger charge is 2.05. The summed E-state index contributed by atoms with van der Waals surface area (Å²) in [6, 6.07) is 3.99. The fraction of sp³-hybridized carbons (Fsp3) is 0.182. The van der Waals surface area contributed by atoms with Crippen LogP contribution in [-0.4, -0.2) is 20.5 Å². The lowest BCUT2D eigenvalue weighted by atomic mass is 10.3. The molecule has 2 rings (SSSR count). The minimum atomic E-state index is -0.0988. The van der Waals surface area contributed by atoms with Crippen molar-refractivity contribution in [2.24, 2.45) is 16.5 Å². The lowest BCUT2D eigenvalue weighted by Gasteiger charge is -1.95. The molecule has 0 amide bonds. The van der Waals surface area contributed by atoms with Crippen molar-refractivity contribution in [3.05, 3.63) is 35.8 Å². The van der Waals surface area contributed by atoms with Crippen LogP contribution in [0.2, 0.25) is 0 Å². The number of aromatic nitrogens is 2. The Morgan fingerprint density at radius 3 is 3.00 bits per heavy atom. The van der Waals surface area contributed by atoms with Gasteiger partial charge in [0.15, 0.2) is 11.1 Å². The number of nitrogens with zero attached hydrogens (tertiary/aromatic N) is 3. The van der Waals surface area contributed by atoms with Crippen LogP contribution in [0.4, 0.5) is 0 Å². The number of hydrogen-bond donors (Lipinski definition) is 3. The smallest absolute Gasteiger partial charge is 0.193 e. The Balaban J connectivity index is 2.11. The van der Waals surface area contributed by atoms with Crippen LogP contribution in [0.15, 0.2) is 29.5 Å². The molecular formula is C11H14N6S. The summed E-state index contributed by atoms with van der Waals surface area (Å²) in [6.07, 6.45) is 3.89. The van der Waals surface area contributed by atoms with Crippen LogP contribution in [0, 0.1) is 12.3 Å². The van der Waals surface area contributed by atoms with Gasteiger partial charge in [0, 0.05) is 18.1 Å². The van der Waals surface area contributed by atoms with E-state index in [2.05, 4.69) is 9.98 Å². The molecule has 0 aliphatic rings. The predicted molar refractivity (Wildman–Crippen MR) is 74.8 cm³/mol. The average molecular weight is 262 g/mol. The van der Waals surface area contributed by atoms with E-state index < -0.39 is 0 Å². The Kier molecular flexibility index (Phi) is 3.52. The van der Waals surface area contributed by atoms with E-state index in [1.165, 1.54) is 11.8 Å². The molecule has 2 aromatic rings. The van der Waals surface area contributed by atoms with Gasteiger partial charge in [-0.25, -0.2) is 4.98 Å². The molecule has 0 bridgehead atoms. The Labute approximate surface area is 109 Å². The van der Waals surface area contributed by atoms with Gasteiger partial charge in [-0.3, -0.25) is 5.41 Å². The first-order valence-corrected chi connectivity index (χ1v) is 6.29. The number of amidine groups is 1. The molecule has 5 N–H and O–H groups in total. The maximum absolute atomic E-state index is 7.53.